The first kappa shape index (κ1) is 15.4. The molecule has 4 atom stereocenters. The number of halogens is 1. The molecule has 4 rings (SSSR count). The van der Waals surface area contributed by atoms with Crippen molar-refractivity contribution >= 4 is 12.0 Å². The fourth-order valence-electron chi connectivity index (χ4n) is 4.57. The van der Waals surface area contributed by atoms with Crippen molar-refractivity contribution in [1.82, 2.24) is 0 Å². The Hall–Kier alpha value is -2.16. The normalized spacial score (nSPS) is 34.0. The van der Waals surface area contributed by atoms with Crippen LogP contribution in [0, 0.1) is 23.6 Å². The monoisotopic (exact) mass is 324 g/mol. The minimum atomic E-state index is -0.278. The molecule has 0 unspecified atom stereocenters. The van der Waals surface area contributed by atoms with Crippen LogP contribution in [0.15, 0.2) is 54.1 Å². The Morgan fingerprint density at radius 3 is 2.46 bits per heavy atom. The van der Waals surface area contributed by atoms with Crippen LogP contribution >= 0.6 is 0 Å². The summed E-state index contributed by atoms with van der Waals surface area (Å²) in [7, 11) is 0. The van der Waals surface area contributed by atoms with E-state index in [1.165, 1.54) is 23.3 Å². The zero-order valence-corrected chi connectivity index (χ0v) is 13.6. The molecule has 2 aliphatic carbocycles. The zero-order chi connectivity index (χ0) is 16.8. The highest BCUT2D eigenvalue weighted by Gasteiger charge is 2.50. The molecule has 0 radical (unpaired) electrons. The largest absolute Gasteiger partial charge is 0.458 e. The molecule has 3 fully saturated rings. The Morgan fingerprint density at radius 1 is 1.04 bits per heavy atom. The van der Waals surface area contributed by atoms with Gasteiger partial charge in [-0.1, -0.05) is 36.4 Å². The van der Waals surface area contributed by atoms with Crippen LogP contribution in [0.3, 0.4) is 0 Å². The molecular formula is C21H21FO2. The molecule has 0 amide bonds. The first-order valence-electron chi connectivity index (χ1n) is 8.58. The van der Waals surface area contributed by atoms with Gasteiger partial charge in [0.05, 0.1) is 0 Å². The summed E-state index contributed by atoms with van der Waals surface area (Å²) in [6, 6.07) is 6.20. The lowest BCUT2D eigenvalue weighted by Gasteiger charge is -2.26. The topological polar surface area (TPSA) is 26.3 Å². The SMILES string of the molecule is C=C1CC[C@H]2C(=C)CC[C@H]3/C(=C\c4ccc(F)cc4)C(=O)O[C@@H]3[C@@H]12. The molecule has 1 aromatic rings. The second-order valence-corrected chi connectivity index (χ2v) is 7.15. The highest BCUT2D eigenvalue weighted by atomic mass is 19.1. The summed E-state index contributed by atoms with van der Waals surface area (Å²) in [6.45, 7) is 8.50. The highest BCUT2D eigenvalue weighted by Crippen LogP contribution is 2.52. The van der Waals surface area contributed by atoms with Crippen molar-refractivity contribution in [2.24, 2.45) is 17.8 Å². The van der Waals surface area contributed by atoms with Crippen LogP contribution in [-0.4, -0.2) is 12.1 Å². The molecule has 0 N–H and O–H groups in total. The molecular weight excluding hydrogens is 303 g/mol. The van der Waals surface area contributed by atoms with E-state index >= 15 is 0 Å². The molecule has 124 valence electrons. The Kier molecular flexibility index (Phi) is 3.67. The number of allylic oxidation sites excluding steroid dienone is 1. The molecule has 1 saturated heterocycles. The standard InChI is InChI=1S/C21H21FO2/c1-12-3-10-17-18(11-14-5-7-15(22)8-6-14)21(23)24-20(17)19-13(2)4-9-16(12)19/h5-8,11,16-17,19-20H,1-4,9-10H2/b18-11+/t16-,17-,19-,20-/m0/s1. The van der Waals surface area contributed by atoms with Gasteiger partial charge in [-0.15, -0.1) is 0 Å². The first-order chi connectivity index (χ1) is 11.5. The number of ether oxygens (including phenoxy) is 1. The molecule has 1 aliphatic heterocycles. The highest BCUT2D eigenvalue weighted by molar-refractivity contribution is 5.96. The van der Waals surface area contributed by atoms with E-state index < -0.39 is 0 Å². The maximum atomic E-state index is 13.1. The van der Waals surface area contributed by atoms with Crippen molar-refractivity contribution in [2.45, 2.75) is 31.8 Å². The number of carbonyl (C=O) groups excluding carboxylic acids is 1. The van der Waals surface area contributed by atoms with Gasteiger partial charge < -0.3 is 4.74 Å². The van der Waals surface area contributed by atoms with E-state index in [1.807, 2.05) is 6.08 Å². The van der Waals surface area contributed by atoms with Gasteiger partial charge in [0.25, 0.3) is 0 Å². The van der Waals surface area contributed by atoms with Gasteiger partial charge in [0.15, 0.2) is 0 Å². The van der Waals surface area contributed by atoms with Gasteiger partial charge in [0.1, 0.15) is 11.9 Å². The molecule has 3 aliphatic rings. The summed E-state index contributed by atoms with van der Waals surface area (Å²) in [4.78, 5) is 12.5. The fraction of sp³-hybridized carbons (Fsp3) is 0.381. The maximum absolute atomic E-state index is 13.1. The van der Waals surface area contributed by atoms with E-state index in [1.54, 1.807) is 12.1 Å². The lowest BCUT2D eigenvalue weighted by molar-refractivity contribution is -0.140. The Bertz CT molecular complexity index is 744. The number of esters is 1. The Balaban J connectivity index is 1.71. The zero-order valence-electron chi connectivity index (χ0n) is 13.6. The van der Waals surface area contributed by atoms with Crippen molar-refractivity contribution in [3.63, 3.8) is 0 Å². The van der Waals surface area contributed by atoms with Crippen molar-refractivity contribution in [1.29, 1.82) is 0 Å². The lowest BCUT2D eigenvalue weighted by atomic mass is 9.81. The average molecular weight is 324 g/mol. The third-order valence-electron chi connectivity index (χ3n) is 5.80. The molecule has 1 aromatic carbocycles. The molecule has 0 bridgehead atoms. The van der Waals surface area contributed by atoms with Gasteiger partial charge in [0.2, 0.25) is 0 Å². The summed E-state index contributed by atoms with van der Waals surface area (Å²) in [5.74, 6) is 0.155. The van der Waals surface area contributed by atoms with E-state index in [4.69, 9.17) is 4.74 Å². The van der Waals surface area contributed by atoms with Gasteiger partial charge in [-0.3, -0.25) is 0 Å². The number of hydrogen-bond acceptors (Lipinski definition) is 2. The van der Waals surface area contributed by atoms with Crippen molar-refractivity contribution in [3.8, 4) is 0 Å². The molecule has 2 nitrogen and oxygen atoms in total. The summed E-state index contributed by atoms with van der Waals surface area (Å²) < 4.78 is 18.9. The minimum absolute atomic E-state index is 0.0733. The van der Waals surface area contributed by atoms with Gasteiger partial charge in [0, 0.05) is 17.4 Å². The molecule has 0 spiro atoms. The van der Waals surface area contributed by atoms with Crippen LogP contribution in [-0.2, 0) is 9.53 Å². The molecule has 0 aromatic heterocycles. The molecule has 1 heterocycles. The molecule has 3 heteroatoms. The summed E-state index contributed by atoms with van der Waals surface area (Å²) in [5.41, 5.74) is 3.99. The maximum Gasteiger partial charge on any atom is 0.334 e. The quantitative estimate of drug-likeness (QED) is 0.426. The van der Waals surface area contributed by atoms with Gasteiger partial charge in [-0.05, 0) is 55.4 Å². The van der Waals surface area contributed by atoms with Crippen LogP contribution in [0.5, 0.6) is 0 Å². The van der Waals surface area contributed by atoms with Crippen LogP contribution in [0.2, 0.25) is 0 Å². The lowest BCUT2D eigenvalue weighted by Crippen LogP contribution is -2.28. The molecule has 2 saturated carbocycles. The Morgan fingerprint density at radius 2 is 1.71 bits per heavy atom. The summed E-state index contributed by atoms with van der Waals surface area (Å²) in [5, 5.41) is 0. The van der Waals surface area contributed by atoms with Crippen molar-refractivity contribution < 1.29 is 13.9 Å². The number of carbonyl (C=O) groups is 1. The van der Waals surface area contributed by atoms with E-state index in [0.29, 0.717) is 11.5 Å². The first-order valence-corrected chi connectivity index (χ1v) is 8.58. The van der Waals surface area contributed by atoms with Crippen molar-refractivity contribution in [3.05, 3.63) is 65.5 Å². The fourth-order valence-corrected chi connectivity index (χ4v) is 4.57. The second-order valence-electron chi connectivity index (χ2n) is 7.15. The van der Waals surface area contributed by atoms with Crippen LogP contribution in [0.1, 0.15) is 31.2 Å². The third kappa shape index (κ3) is 2.43. The van der Waals surface area contributed by atoms with E-state index in [0.717, 1.165) is 31.2 Å². The number of fused-ring (bicyclic) bond motifs is 3. The third-order valence-corrected chi connectivity index (χ3v) is 5.80. The minimum Gasteiger partial charge on any atom is -0.458 e. The Labute approximate surface area is 141 Å². The van der Waals surface area contributed by atoms with E-state index in [-0.39, 0.29) is 29.7 Å². The average Bonchev–Trinajstić information content (AvgIpc) is 3.04. The van der Waals surface area contributed by atoms with Gasteiger partial charge >= 0.3 is 5.97 Å². The van der Waals surface area contributed by atoms with E-state index in [9.17, 15) is 9.18 Å². The van der Waals surface area contributed by atoms with E-state index in [2.05, 4.69) is 13.2 Å². The molecule has 24 heavy (non-hydrogen) atoms. The van der Waals surface area contributed by atoms with Crippen LogP contribution < -0.4 is 0 Å². The second kappa shape index (κ2) is 5.73. The van der Waals surface area contributed by atoms with Gasteiger partial charge in [-0.25, -0.2) is 9.18 Å². The predicted octanol–water partition coefficient (Wildman–Crippen LogP) is 4.68. The smallest absolute Gasteiger partial charge is 0.334 e. The van der Waals surface area contributed by atoms with Crippen molar-refractivity contribution in [2.75, 3.05) is 0 Å². The van der Waals surface area contributed by atoms with Gasteiger partial charge in [-0.2, -0.15) is 0 Å². The number of hydrogen-bond donors (Lipinski definition) is 0. The predicted molar refractivity (Wildman–Crippen MR) is 91.5 cm³/mol. The van der Waals surface area contributed by atoms with Crippen LogP contribution in [0.25, 0.3) is 6.08 Å². The van der Waals surface area contributed by atoms with Crippen LogP contribution in [0.4, 0.5) is 4.39 Å². The summed E-state index contributed by atoms with van der Waals surface area (Å²) >= 11 is 0. The number of rotatable bonds is 1. The number of benzene rings is 1. The summed E-state index contributed by atoms with van der Waals surface area (Å²) in [6.07, 6.45) is 5.60.